The number of halogens is 1. The van der Waals surface area contributed by atoms with Gasteiger partial charge >= 0.3 is 5.97 Å². The molecule has 0 saturated carbocycles. The Kier molecular flexibility index (Phi) is 9.11. The maximum absolute atomic E-state index is 15.1. The van der Waals surface area contributed by atoms with Crippen molar-refractivity contribution in [1.82, 2.24) is 10.2 Å². The number of likely N-dealkylation sites (tertiary alicyclic amines) is 1. The van der Waals surface area contributed by atoms with Crippen molar-refractivity contribution in [2.24, 2.45) is 11.8 Å². The van der Waals surface area contributed by atoms with Crippen LogP contribution < -0.4 is 10.2 Å². The number of amides is 3. The largest absolute Gasteiger partial charge is 0.463 e. The Hall–Kier alpha value is -4.77. The average Bonchev–Trinajstić information content (AvgIpc) is 3.77. The van der Waals surface area contributed by atoms with Gasteiger partial charge in [0, 0.05) is 13.0 Å². The topological polar surface area (TPSA) is 125 Å². The summed E-state index contributed by atoms with van der Waals surface area (Å²) < 4.78 is 12.2. The molecule has 0 radical (unpaired) electrons. The summed E-state index contributed by atoms with van der Waals surface area (Å²) in [4.78, 5) is 59.9. The third kappa shape index (κ3) is 5.83. The number of nitrogens with zero attached hydrogens (tertiary/aromatic N) is 2. The molecule has 10 nitrogen and oxygen atoms in total. The first-order chi connectivity index (χ1) is 23.8. The summed E-state index contributed by atoms with van der Waals surface area (Å²) in [5.41, 5.74) is 0.266. The quantitative estimate of drug-likeness (QED) is 0.304. The Morgan fingerprint density at radius 2 is 1.63 bits per heavy atom. The van der Waals surface area contributed by atoms with Gasteiger partial charge in [0.2, 0.25) is 11.8 Å². The second kappa shape index (κ2) is 13.6. The molecule has 4 aliphatic heterocycles. The van der Waals surface area contributed by atoms with Gasteiger partial charge in [-0.25, -0.2) is 0 Å². The molecule has 252 valence electrons. The molecule has 11 heteroatoms. The molecule has 0 unspecified atom stereocenters. The van der Waals surface area contributed by atoms with E-state index in [-0.39, 0.29) is 19.6 Å². The van der Waals surface area contributed by atoms with E-state index < -0.39 is 72.0 Å². The standard InChI is InChI=1S/C38H36ClN3O7/c39-26-16-9-10-17-28(26)41-21-11-3-8-18-31(44)48-23-27(24-12-4-1-5-13-24)40-35(45)32-30-19-20-38(49-30)33(32)36(46)42(34(38)37(41)47)29(22-43)25-14-6-2-7-15-25/h1-7,9-17,19-20,27,29-30,32-34,43H,8,18,21-23H2,(H,40,45)/b11-3-/t27-,29+,30-,32+,33+,34-,38+/m0/s1. The highest BCUT2D eigenvalue weighted by molar-refractivity contribution is 6.34. The van der Waals surface area contributed by atoms with Gasteiger partial charge in [0.25, 0.3) is 5.91 Å². The lowest BCUT2D eigenvalue weighted by atomic mass is 9.74. The van der Waals surface area contributed by atoms with Gasteiger partial charge in [-0.05, 0) is 29.7 Å². The Bertz CT molecular complexity index is 1800. The normalized spacial score (nSPS) is 29.8. The number of hydrogen-bond donors (Lipinski definition) is 2. The van der Waals surface area contributed by atoms with Gasteiger partial charge < -0.3 is 29.7 Å². The third-order valence-corrected chi connectivity index (χ3v) is 10.2. The van der Waals surface area contributed by atoms with E-state index in [1.54, 1.807) is 72.8 Å². The molecular weight excluding hydrogens is 646 g/mol. The van der Waals surface area contributed by atoms with Gasteiger partial charge in [-0.15, -0.1) is 0 Å². The van der Waals surface area contributed by atoms with E-state index in [0.29, 0.717) is 22.7 Å². The fraction of sp³-hybridized carbons (Fsp3) is 0.316. The molecule has 2 N–H and O–H groups in total. The molecule has 3 amide bonds. The lowest BCUT2D eigenvalue weighted by Crippen LogP contribution is -2.57. The van der Waals surface area contributed by atoms with E-state index in [0.717, 1.165) is 5.56 Å². The number of esters is 1. The molecule has 3 aromatic carbocycles. The molecule has 7 atom stereocenters. The number of rotatable bonds is 5. The lowest BCUT2D eigenvalue weighted by molar-refractivity contribution is -0.146. The van der Waals surface area contributed by atoms with Crippen molar-refractivity contribution < 1.29 is 33.8 Å². The van der Waals surface area contributed by atoms with Crippen molar-refractivity contribution in [3.63, 3.8) is 0 Å². The predicted molar refractivity (Wildman–Crippen MR) is 181 cm³/mol. The maximum atomic E-state index is 15.1. The number of hydrogen-bond acceptors (Lipinski definition) is 7. The number of para-hydroxylation sites is 1. The first kappa shape index (κ1) is 32.8. The van der Waals surface area contributed by atoms with E-state index in [1.165, 1.54) is 9.80 Å². The smallest absolute Gasteiger partial charge is 0.306 e. The molecule has 3 aromatic rings. The molecule has 4 heterocycles. The van der Waals surface area contributed by atoms with Gasteiger partial charge in [-0.2, -0.15) is 0 Å². The first-order valence-corrected chi connectivity index (χ1v) is 16.8. The van der Waals surface area contributed by atoms with Crippen LogP contribution in [0.3, 0.4) is 0 Å². The zero-order chi connectivity index (χ0) is 34.1. The van der Waals surface area contributed by atoms with Crippen molar-refractivity contribution in [2.75, 3.05) is 24.7 Å². The van der Waals surface area contributed by atoms with E-state index in [9.17, 15) is 19.5 Å². The summed E-state index contributed by atoms with van der Waals surface area (Å²) in [5, 5.41) is 14.2. The summed E-state index contributed by atoms with van der Waals surface area (Å²) >= 11 is 6.67. The molecule has 49 heavy (non-hydrogen) atoms. The van der Waals surface area contributed by atoms with Crippen LogP contribution in [0, 0.1) is 11.8 Å². The van der Waals surface area contributed by atoms with Crippen LogP contribution in [0.15, 0.2) is 109 Å². The lowest BCUT2D eigenvalue weighted by Gasteiger charge is -2.39. The number of carbonyl (C=O) groups excluding carboxylic acids is 4. The second-order valence-electron chi connectivity index (χ2n) is 12.6. The second-order valence-corrected chi connectivity index (χ2v) is 13.0. The van der Waals surface area contributed by atoms with Crippen molar-refractivity contribution in [2.45, 2.75) is 42.7 Å². The van der Waals surface area contributed by atoms with Crippen molar-refractivity contribution in [3.05, 3.63) is 125 Å². The van der Waals surface area contributed by atoms with Gasteiger partial charge in [0.05, 0.1) is 47.3 Å². The van der Waals surface area contributed by atoms with Gasteiger partial charge in [0.1, 0.15) is 18.2 Å². The van der Waals surface area contributed by atoms with Gasteiger partial charge in [-0.1, -0.05) is 109 Å². The van der Waals surface area contributed by atoms with E-state index >= 15 is 4.79 Å². The molecule has 4 aliphatic rings. The molecule has 1 spiro atoms. The van der Waals surface area contributed by atoms with Gasteiger partial charge in [0.15, 0.2) is 0 Å². The number of cyclic esters (lactones) is 1. The van der Waals surface area contributed by atoms with Crippen LogP contribution in [0.1, 0.15) is 36.1 Å². The highest BCUT2D eigenvalue weighted by atomic mass is 35.5. The number of benzene rings is 3. The van der Waals surface area contributed by atoms with Crippen LogP contribution in [-0.4, -0.2) is 71.2 Å². The summed E-state index contributed by atoms with van der Waals surface area (Å²) in [6.07, 6.45) is 6.69. The number of ether oxygens (including phenoxy) is 2. The molecular formula is C38H36ClN3O7. The highest BCUT2D eigenvalue weighted by Gasteiger charge is 2.74. The van der Waals surface area contributed by atoms with Crippen LogP contribution in [0.2, 0.25) is 5.02 Å². The molecule has 2 saturated heterocycles. The zero-order valence-electron chi connectivity index (χ0n) is 26.6. The minimum Gasteiger partial charge on any atom is -0.463 e. The molecule has 5 bridgehead atoms. The number of aliphatic hydroxyl groups is 1. The number of carbonyl (C=O) groups is 4. The summed E-state index contributed by atoms with van der Waals surface area (Å²) in [6, 6.07) is 22.2. The number of allylic oxidation sites excluding steroid dienone is 1. The Labute approximate surface area is 288 Å². The van der Waals surface area contributed by atoms with Crippen LogP contribution in [0.25, 0.3) is 0 Å². The fourth-order valence-electron chi connectivity index (χ4n) is 7.60. The van der Waals surface area contributed by atoms with Crippen LogP contribution in [0.4, 0.5) is 5.69 Å². The van der Waals surface area contributed by atoms with E-state index in [2.05, 4.69) is 5.32 Å². The number of aliphatic hydroxyl groups excluding tert-OH is 1. The number of anilines is 1. The minimum absolute atomic E-state index is 0.0686. The minimum atomic E-state index is -1.51. The summed E-state index contributed by atoms with van der Waals surface area (Å²) in [7, 11) is 0. The van der Waals surface area contributed by atoms with Gasteiger partial charge in [-0.3, -0.25) is 19.2 Å². The SMILES string of the molecule is O=C1CC/C=C\CN(c2ccccc2Cl)C(=O)[C@@H]2N([C@H](CO)c3ccccc3)C(=O)[C@H]3[C@H](C(=O)N[C@H](c4ccccc4)CO1)[C@@H]1C=C[C@]23O1. The Morgan fingerprint density at radius 3 is 2.37 bits per heavy atom. The maximum Gasteiger partial charge on any atom is 0.306 e. The molecule has 2 fully saturated rings. The highest BCUT2D eigenvalue weighted by Crippen LogP contribution is 2.57. The Balaban J connectivity index is 1.36. The predicted octanol–water partition coefficient (Wildman–Crippen LogP) is 4.31. The van der Waals surface area contributed by atoms with Crippen molar-refractivity contribution in [1.29, 1.82) is 0 Å². The summed E-state index contributed by atoms with van der Waals surface area (Å²) in [5.74, 6) is -3.95. The number of fused-ring (bicyclic) bond motifs is 2. The van der Waals surface area contributed by atoms with Crippen LogP contribution in [0.5, 0.6) is 0 Å². The van der Waals surface area contributed by atoms with E-state index in [1.807, 2.05) is 36.4 Å². The summed E-state index contributed by atoms with van der Waals surface area (Å²) in [6.45, 7) is -0.511. The third-order valence-electron chi connectivity index (χ3n) is 9.85. The Morgan fingerprint density at radius 1 is 0.918 bits per heavy atom. The fourth-order valence-corrected chi connectivity index (χ4v) is 7.84. The molecule has 0 aromatic heterocycles. The zero-order valence-corrected chi connectivity index (χ0v) is 27.3. The first-order valence-electron chi connectivity index (χ1n) is 16.4. The molecule has 0 aliphatic carbocycles. The van der Waals surface area contributed by atoms with Crippen molar-refractivity contribution >= 4 is 41.0 Å². The monoisotopic (exact) mass is 681 g/mol. The molecule has 7 rings (SSSR count). The number of nitrogens with one attached hydrogen (secondary N) is 1. The van der Waals surface area contributed by atoms with Crippen LogP contribution >= 0.6 is 11.6 Å². The van der Waals surface area contributed by atoms with E-state index in [4.69, 9.17) is 21.1 Å². The van der Waals surface area contributed by atoms with Crippen LogP contribution in [-0.2, 0) is 28.7 Å². The van der Waals surface area contributed by atoms with Crippen molar-refractivity contribution in [3.8, 4) is 0 Å². The average molecular weight is 682 g/mol.